The van der Waals surface area contributed by atoms with Gasteiger partial charge in [0, 0.05) is 5.56 Å². The Bertz CT molecular complexity index is 683. The fraction of sp³-hybridized carbons (Fsp3) is 0.125. The lowest BCUT2D eigenvalue weighted by molar-refractivity contribution is -0.152. The maximum absolute atomic E-state index is 12.0. The van der Waals surface area contributed by atoms with Gasteiger partial charge in [-0.1, -0.05) is 30.3 Å². The average Bonchev–Trinajstić information content (AvgIpc) is 2.52. The SMILES string of the molecule is N#Cc1cccc(COC([O])c2ccccc2C#N)c1. The van der Waals surface area contributed by atoms with Crippen molar-refractivity contribution >= 4 is 0 Å². The van der Waals surface area contributed by atoms with Crippen molar-refractivity contribution in [3.8, 4) is 12.1 Å². The summed E-state index contributed by atoms with van der Waals surface area (Å²) in [6.07, 6.45) is -1.42. The van der Waals surface area contributed by atoms with Gasteiger partial charge in [-0.2, -0.15) is 15.6 Å². The molecule has 0 amide bonds. The van der Waals surface area contributed by atoms with E-state index in [1.54, 1.807) is 48.5 Å². The molecule has 0 bridgehead atoms. The maximum Gasteiger partial charge on any atom is 0.219 e. The summed E-state index contributed by atoms with van der Waals surface area (Å²) < 4.78 is 5.24. The summed E-state index contributed by atoms with van der Waals surface area (Å²) in [7, 11) is 0. The predicted octanol–water partition coefficient (Wildman–Crippen LogP) is 3.08. The van der Waals surface area contributed by atoms with Crippen LogP contribution in [-0.4, -0.2) is 0 Å². The van der Waals surface area contributed by atoms with Crippen LogP contribution < -0.4 is 0 Å². The van der Waals surface area contributed by atoms with E-state index in [1.165, 1.54) is 0 Å². The molecule has 1 unspecified atom stereocenters. The van der Waals surface area contributed by atoms with Gasteiger partial charge in [-0.15, -0.1) is 0 Å². The maximum atomic E-state index is 12.0. The third-order valence-corrected chi connectivity index (χ3v) is 2.79. The highest BCUT2D eigenvalue weighted by molar-refractivity contribution is 5.38. The molecular formula is C16H11N2O2. The average molecular weight is 263 g/mol. The van der Waals surface area contributed by atoms with Crippen molar-refractivity contribution < 1.29 is 9.84 Å². The molecule has 0 heterocycles. The normalized spacial score (nSPS) is 11.3. The van der Waals surface area contributed by atoms with Crippen LogP contribution in [0.2, 0.25) is 0 Å². The Labute approximate surface area is 117 Å². The van der Waals surface area contributed by atoms with Gasteiger partial charge in [0.15, 0.2) is 0 Å². The highest BCUT2D eigenvalue weighted by Gasteiger charge is 2.14. The van der Waals surface area contributed by atoms with Crippen LogP contribution in [-0.2, 0) is 16.5 Å². The minimum absolute atomic E-state index is 0.101. The number of nitrogens with zero attached hydrogens (tertiary/aromatic N) is 2. The molecule has 2 rings (SSSR count). The Balaban J connectivity index is 2.07. The molecule has 4 nitrogen and oxygen atoms in total. The molecule has 97 valence electrons. The molecule has 0 saturated carbocycles. The lowest BCUT2D eigenvalue weighted by Gasteiger charge is -2.11. The smallest absolute Gasteiger partial charge is 0.219 e. The number of hydrogen-bond acceptors (Lipinski definition) is 3. The second-order valence-corrected chi connectivity index (χ2v) is 4.15. The van der Waals surface area contributed by atoms with Gasteiger partial charge in [-0.05, 0) is 23.8 Å². The van der Waals surface area contributed by atoms with Crippen molar-refractivity contribution in [2.24, 2.45) is 0 Å². The van der Waals surface area contributed by atoms with E-state index in [0.29, 0.717) is 16.7 Å². The number of benzene rings is 2. The van der Waals surface area contributed by atoms with E-state index >= 15 is 0 Å². The van der Waals surface area contributed by atoms with Gasteiger partial charge < -0.3 is 4.74 Å². The first-order valence-corrected chi connectivity index (χ1v) is 6.00. The molecule has 0 aliphatic heterocycles. The third kappa shape index (κ3) is 3.21. The molecule has 20 heavy (non-hydrogen) atoms. The molecule has 2 aromatic carbocycles. The van der Waals surface area contributed by atoms with Crippen molar-refractivity contribution in [3.63, 3.8) is 0 Å². The van der Waals surface area contributed by atoms with Crippen LogP contribution in [0, 0.1) is 22.7 Å². The van der Waals surface area contributed by atoms with E-state index in [-0.39, 0.29) is 6.61 Å². The van der Waals surface area contributed by atoms with Gasteiger partial charge in [-0.3, -0.25) is 0 Å². The van der Waals surface area contributed by atoms with Gasteiger partial charge in [-0.25, -0.2) is 0 Å². The van der Waals surface area contributed by atoms with E-state index in [0.717, 1.165) is 5.56 Å². The first-order chi connectivity index (χ1) is 9.74. The largest absolute Gasteiger partial charge is 0.341 e. The topological polar surface area (TPSA) is 76.7 Å². The zero-order valence-electron chi connectivity index (χ0n) is 10.6. The Morgan fingerprint density at radius 1 is 1.05 bits per heavy atom. The molecule has 0 N–H and O–H groups in total. The number of rotatable bonds is 4. The van der Waals surface area contributed by atoms with Gasteiger partial charge in [0.05, 0.1) is 29.9 Å². The monoisotopic (exact) mass is 263 g/mol. The third-order valence-electron chi connectivity index (χ3n) is 2.79. The summed E-state index contributed by atoms with van der Waals surface area (Å²) in [5, 5.41) is 29.7. The summed E-state index contributed by atoms with van der Waals surface area (Å²) in [5.74, 6) is 0. The van der Waals surface area contributed by atoms with Gasteiger partial charge >= 0.3 is 0 Å². The van der Waals surface area contributed by atoms with Crippen molar-refractivity contribution in [3.05, 3.63) is 70.8 Å². The molecule has 0 fully saturated rings. The van der Waals surface area contributed by atoms with Crippen LogP contribution in [0.4, 0.5) is 0 Å². The Morgan fingerprint density at radius 3 is 2.60 bits per heavy atom. The van der Waals surface area contributed by atoms with Crippen molar-refractivity contribution in [2.45, 2.75) is 12.9 Å². The molecule has 0 aliphatic carbocycles. The molecule has 1 radical (unpaired) electrons. The van der Waals surface area contributed by atoms with Gasteiger partial charge in [0.25, 0.3) is 0 Å². The van der Waals surface area contributed by atoms with E-state index in [1.807, 2.05) is 12.1 Å². The number of ether oxygens (including phenoxy) is 1. The molecule has 0 spiro atoms. The Kier molecular flexibility index (Phi) is 4.47. The summed E-state index contributed by atoms with van der Waals surface area (Å²) in [6.45, 7) is 0.101. The van der Waals surface area contributed by atoms with Crippen molar-refractivity contribution in [1.82, 2.24) is 0 Å². The Morgan fingerprint density at radius 2 is 1.85 bits per heavy atom. The zero-order valence-corrected chi connectivity index (χ0v) is 10.6. The lowest BCUT2D eigenvalue weighted by atomic mass is 10.1. The van der Waals surface area contributed by atoms with E-state index in [9.17, 15) is 5.11 Å². The van der Waals surface area contributed by atoms with Crippen LogP contribution in [0.25, 0.3) is 0 Å². The van der Waals surface area contributed by atoms with E-state index in [4.69, 9.17) is 15.3 Å². The summed E-state index contributed by atoms with van der Waals surface area (Å²) in [6, 6.07) is 17.4. The van der Waals surface area contributed by atoms with E-state index in [2.05, 4.69) is 0 Å². The molecule has 0 saturated heterocycles. The molecule has 4 heteroatoms. The fourth-order valence-electron chi connectivity index (χ4n) is 1.80. The van der Waals surface area contributed by atoms with Crippen LogP contribution in [0.3, 0.4) is 0 Å². The van der Waals surface area contributed by atoms with Gasteiger partial charge in [0.1, 0.15) is 0 Å². The van der Waals surface area contributed by atoms with Gasteiger partial charge in [0.2, 0.25) is 6.29 Å². The summed E-state index contributed by atoms with van der Waals surface area (Å²) in [4.78, 5) is 0. The molecule has 1 atom stereocenters. The zero-order chi connectivity index (χ0) is 14.4. The second-order valence-electron chi connectivity index (χ2n) is 4.15. The Hall–Kier alpha value is -2.66. The van der Waals surface area contributed by atoms with Crippen molar-refractivity contribution in [2.75, 3.05) is 0 Å². The van der Waals surface area contributed by atoms with Crippen LogP contribution in [0.5, 0.6) is 0 Å². The van der Waals surface area contributed by atoms with E-state index < -0.39 is 6.29 Å². The predicted molar refractivity (Wildman–Crippen MR) is 70.5 cm³/mol. The first kappa shape index (κ1) is 13.8. The first-order valence-electron chi connectivity index (χ1n) is 6.00. The van der Waals surface area contributed by atoms with Crippen LogP contribution >= 0.6 is 0 Å². The highest BCUT2D eigenvalue weighted by atomic mass is 16.6. The lowest BCUT2D eigenvalue weighted by Crippen LogP contribution is -2.04. The quantitative estimate of drug-likeness (QED) is 0.795. The molecule has 2 aromatic rings. The van der Waals surface area contributed by atoms with Crippen LogP contribution in [0.15, 0.2) is 48.5 Å². The molecule has 0 aliphatic rings. The number of hydrogen-bond donors (Lipinski definition) is 0. The number of nitriles is 2. The second kappa shape index (κ2) is 6.49. The molecular weight excluding hydrogens is 252 g/mol. The fourth-order valence-corrected chi connectivity index (χ4v) is 1.80. The molecule has 0 aromatic heterocycles. The minimum Gasteiger partial charge on any atom is -0.341 e. The summed E-state index contributed by atoms with van der Waals surface area (Å²) in [5.41, 5.74) is 1.91. The van der Waals surface area contributed by atoms with Crippen LogP contribution in [0.1, 0.15) is 28.5 Å². The summed E-state index contributed by atoms with van der Waals surface area (Å²) >= 11 is 0. The highest BCUT2D eigenvalue weighted by Crippen LogP contribution is 2.20. The van der Waals surface area contributed by atoms with Crippen molar-refractivity contribution in [1.29, 1.82) is 10.5 Å². The minimum atomic E-state index is -1.42. The standard InChI is InChI=1S/C16H11N2O2/c17-9-12-4-3-5-13(8-12)11-20-16(19)15-7-2-1-6-14(15)10-18/h1-8,16H,11H2.